The quantitative estimate of drug-likeness (QED) is 0.711. The summed E-state index contributed by atoms with van der Waals surface area (Å²) in [7, 11) is 0. The van der Waals surface area contributed by atoms with Crippen molar-refractivity contribution in [1.29, 1.82) is 0 Å². The molecule has 0 saturated carbocycles. The molecule has 2 rings (SSSR count). The van der Waals surface area contributed by atoms with Gasteiger partial charge in [0.15, 0.2) is 0 Å². The van der Waals surface area contributed by atoms with Crippen LogP contribution in [0.4, 0.5) is 0 Å². The maximum atomic E-state index is 5.83. The van der Waals surface area contributed by atoms with Gasteiger partial charge >= 0.3 is 0 Å². The van der Waals surface area contributed by atoms with Gasteiger partial charge in [0.25, 0.3) is 0 Å². The molecule has 0 saturated heterocycles. The Hall–Kier alpha value is -0.910. The van der Waals surface area contributed by atoms with Crippen molar-refractivity contribution >= 4 is 31.9 Å². The molecule has 0 radical (unpaired) electrons. The predicted octanol–water partition coefficient (Wildman–Crippen LogP) is 5.14. The van der Waals surface area contributed by atoms with E-state index in [0.29, 0.717) is 11.8 Å². The maximum Gasteiger partial charge on any atom is 0.219 e. The Balaban J connectivity index is 2.03. The average molecular weight is 414 g/mol. The van der Waals surface area contributed by atoms with E-state index >= 15 is 0 Å². The number of halogens is 2. The number of hydrogen-bond acceptors (Lipinski definition) is 3. The second-order valence-electron chi connectivity index (χ2n) is 5.17. The third-order valence-electron chi connectivity index (χ3n) is 2.75. The molecule has 112 valence electrons. The molecule has 0 atom stereocenters. The molecule has 1 N–H and O–H groups in total. The zero-order valence-electron chi connectivity index (χ0n) is 12.1. The van der Waals surface area contributed by atoms with Crippen molar-refractivity contribution in [2.75, 3.05) is 6.54 Å². The summed E-state index contributed by atoms with van der Waals surface area (Å²) >= 11 is 6.91. The zero-order valence-corrected chi connectivity index (χ0v) is 15.2. The van der Waals surface area contributed by atoms with Crippen molar-refractivity contribution in [1.82, 2.24) is 10.3 Å². The van der Waals surface area contributed by atoms with Crippen molar-refractivity contribution in [3.05, 3.63) is 51.0 Å². The second-order valence-corrected chi connectivity index (χ2v) is 6.94. The molecule has 0 bridgehead atoms. The van der Waals surface area contributed by atoms with Crippen LogP contribution in [0.1, 0.15) is 19.5 Å². The average Bonchev–Trinajstić information content (AvgIpc) is 2.42. The molecule has 1 aromatic carbocycles. The van der Waals surface area contributed by atoms with Gasteiger partial charge in [0.1, 0.15) is 5.75 Å². The summed E-state index contributed by atoms with van der Waals surface area (Å²) in [5.41, 5.74) is 0.974. The van der Waals surface area contributed by atoms with E-state index in [0.717, 1.165) is 33.5 Å². The number of nitrogens with zero attached hydrogens (tertiary/aromatic N) is 1. The molecule has 0 spiro atoms. The molecule has 0 unspecified atom stereocenters. The van der Waals surface area contributed by atoms with E-state index in [1.165, 1.54) is 0 Å². The Kier molecular flexibility index (Phi) is 6.21. The third kappa shape index (κ3) is 5.41. The molecule has 21 heavy (non-hydrogen) atoms. The van der Waals surface area contributed by atoms with Crippen LogP contribution in [-0.2, 0) is 6.54 Å². The van der Waals surface area contributed by atoms with Crippen molar-refractivity contribution in [2.24, 2.45) is 5.92 Å². The number of hydrogen-bond donors (Lipinski definition) is 1. The fourth-order valence-corrected chi connectivity index (χ4v) is 2.90. The van der Waals surface area contributed by atoms with Crippen LogP contribution >= 0.6 is 31.9 Å². The Morgan fingerprint density at radius 2 is 2.00 bits per heavy atom. The van der Waals surface area contributed by atoms with Gasteiger partial charge in [0.2, 0.25) is 5.88 Å². The van der Waals surface area contributed by atoms with Gasteiger partial charge < -0.3 is 10.1 Å². The van der Waals surface area contributed by atoms with Gasteiger partial charge in [0, 0.05) is 17.1 Å². The summed E-state index contributed by atoms with van der Waals surface area (Å²) in [6.07, 6.45) is 0. The lowest BCUT2D eigenvalue weighted by Gasteiger charge is -2.10. The van der Waals surface area contributed by atoms with Gasteiger partial charge in [-0.15, -0.1) is 0 Å². The Morgan fingerprint density at radius 3 is 2.71 bits per heavy atom. The van der Waals surface area contributed by atoms with Gasteiger partial charge in [-0.3, -0.25) is 0 Å². The monoisotopic (exact) mass is 412 g/mol. The topological polar surface area (TPSA) is 34.1 Å². The molecule has 0 amide bonds. The van der Waals surface area contributed by atoms with Crippen molar-refractivity contribution in [3.8, 4) is 11.6 Å². The van der Waals surface area contributed by atoms with Crippen molar-refractivity contribution < 1.29 is 4.74 Å². The van der Waals surface area contributed by atoms with Crippen molar-refractivity contribution in [3.63, 3.8) is 0 Å². The van der Waals surface area contributed by atoms with Crippen LogP contribution in [0.3, 0.4) is 0 Å². The second kappa shape index (κ2) is 7.92. The first-order valence-electron chi connectivity index (χ1n) is 6.84. The van der Waals surface area contributed by atoms with Gasteiger partial charge in [-0.1, -0.05) is 35.8 Å². The number of nitrogens with one attached hydrogen (secondary N) is 1. The number of pyridine rings is 1. The highest BCUT2D eigenvalue weighted by Gasteiger charge is 2.05. The molecular weight excluding hydrogens is 396 g/mol. The van der Waals surface area contributed by atoms with Gasteiger partial charge in [-0.2, -0.15) is 0 Å². The van der Waals surface area contributed by atoms with E-state index in [1.807, 2.05) is 36.4 Å². The van der Waals surface area contributed by atoms with Crippen LogP contribution in [0.25, 0.3) is 0 Å². The smallest absolute Gasteiger partial charge is 0.219 e. The molecule has 0 aliphatic rings. The van der Waals surface area contributed by atoms with Crippen molar-refractivity contribution in [2.45, 2.75) is 20.4 Å². The summed E-state index contributed by atoms with van der Waals surface area (Å²) in [5, 5.41) is 3.38. The molecule has 5 heteroatoms. The lowest BCUT2D eigenvalue weighted by molar-refractivity contribution is 0.455. The van der Waals surface area contributed by atoms with Gasteiger partial charge in [-0.05, 0) is 52.7 Å². The van der Waals surface area contributed by atoms with E-state index in [-0.39, 0.29) is 0 Å². The summed E-state index contributed by atoms with van der Waals surface area (Å²) in [6, 6.07) is 11.6. The zero-order chi connectivity index (χ0) is 15.2. The van der Waals surface area contributed by atoms with E-state index < -0.39 is 0 Å². The third-order valence-corrected chi connectivity index (χ3v) is 3.86. The molecule has 1 aromatic heterocycles. The van der Waals surface area contributed by atoms with Crippen LogP contribution in [0.2, 0.25) is 0 Å². The number of rotatable bonds is 6. The summed E-state index contributed by atoms with van der Waals surface area (Å²) in [6.45, 7) is 6.10. The van der Waals surface area contributed by atoms with E-state index in [2.05, 4.69) is 56.0 Å². The minimum absolute atomic E-state index is 0.599. The predicted molar refractivity (Wildman–Crippen MR) is 92.7 cm³/mol. The maximum absolute atomic E-state index is 5.83. The SMILES string of the molecule is CC(C)CNCc1cccc(Oc2ccc(Br)cc2Br)n1. The van der Waals surface area contributed by atoms with E-state index in [9.17, 15) is 0 Å². The molecule has 0 fully saturated rings. The molecule has 3 nitrogen and oxygen atoms in total. The fourth-order valence-electron chi connectivity index (χ4n) is 1.77. The highest BCUT2D eigenvalue weighted by atomic mass is 79.9. The highest BCUT2D eigenvalue weighted by molar-refractivity contribution is 9.11. The molecule has 0 aliphatic carbocycles. The number of benzene rings is 1. The molecule has 1 heterocycles. The highest BCUT2D eigenvalue weighted by Crippen LogP contribution is 2.31. The Bertz CT molecular complexity index is 603. The van der Waals surface area contributed by atoms with Gasteiger partial charge in [-0.25, -0.2) is 4.98 Å². The first kappa shape index (κ1) is 16.5. The van der Waals surface area contributed by atoms with E-state index in [4.69, 9.17) is 4.74 Å². The Labute approximate surface area is 142 Å². The normalized spacial score (nSPS) is 10.9. The van der Waals surface area contributed by atoms with Crippen LogP contribution in [0, 0.1) is 5.92 Å². The summed E-state index contributed by atoms with van der Waals surface area (Å²) < 4.78 is 7.72. The first-order valence-corrected chi connectivity index (χ1v) is 8.43. The largest absolute Gasteiger partial charge is 0.438 e. The van der Waals surface area contributed by atoms with Gasteiger partial charge in [0.05, 0.1) is 10.2 Å². The standard InChI is InChI=1S/C16H18Br2N2O/c1-11(2)9-19-10-13-4-3-5-16(20-13)21-15-7-6-12(17)8-14(15)18/h3-8,11,19H,9-10H2,1-2H3. The van der Waals surface area contributed by atoms with Crippen LogP contribution in [-0.4, -0.2) is 11.5 Å². The molecular formula is C16H18Br2N2O. The van der Waals surface area contributed by atoms with E-state index in [1.54, 1.807) is 0 Å². The number of ether oxygens (including phenoxy) is 1. The summed E-state index contributed by atoms with van der Waals surface area (Å²) in [5.74, 6) is 1.98. The van der Waals surface area contributed by atoms with Crippen LogP contribution in [0.15, 0.2) is 45.3 Å². The fraction of sp³-hybridized carbons (Fsp3) is 0.312. The lowest BCUT2D eigenvalue weighted by atomic mass is 10.2. The van der Waals surface area contributed by atoms with Crippen LogP contribution in [0.5, 0.6) is 11.6 Å². The molecule has 2 aromatic rings. The number of aromatic nitrogens is 1. The minimum Gasteiger partial charge on any atom is -0.438 e. The minimum atomic E-state index is 0.599. The summed E-state index contributed by atoms with van der Waals surface area (Å²) in [4.78, 5) is 4.51. The first-order chi connectivity index (χ1) is 10.0. The van der Waals surface area contributed by atoms with Crippen LogP contribution < -0.4 is 10.1 Å². The Morgan fingerprint density at radius 1 is 1.19 bits per heavy atom. The molecule has 0 aliphatic heterocycles. The lowest BCUT2D eigenvalue weighted by Crippen LogP contribution is -2.19.